The summed E-state index contributed by atoms with van der Waals surface area (Å²) >= 11 is 0. The number of nitrogens with zero attached hydrogens (tertiary/aromatic N) is 4. The second kappa shape index (κ2) is 7.06. The Morgan fingerprint density at radius 3 is 2.50 bits per heavy atom. The number of likely N-dealkylation sites (tertiary alicyclic amines) is 1. The van der Waals surface area contributed by atoms with Crippen LogP contribution in [-0.2, 0) is 12.7 Å². The van der Waals surface area contributed by atoms with Crippen molar-refractivity contribution in [2.75, 3.05) is 13.1 Å². The molecule has 0 radical (unpaired) electrons. The predicted molar refractivity (Wildman–Crippen MR) is 90.6 cm³/mol. The van der Waals surface area contributed by atoms with E-state index in [9.17, 15) is 22.8 Å². The molecule has 1 amide bonds. The number of aromatic nitrogens is 3. The van der Waals surface area contributed by atoms with E-state index < -0.39 is 17.4 Å². The molecule has 2 aromatic heterocycles. The van der Waals surface area contributed by atoms with Crippen molar-refractivity contribution in [1.29, 1.82) is 0 Å². The Kier molecular flexibility index (Phi) is 4.72. The lowest BCUT2D eigenvalue weighted by atomic mass is 9.96. The lowest BCUT2D eigenvalue weighted by molar-refractivity contribution is -0.141. The van der Waals surface area contributed by atoms with E-state index in [-0.39, 0.29) is 18.4 Å². The molecule has 0 bridgehead atoms. The van der Waals surface area contributed by atoms with E-state index in [1.54, 1.807) is 11.0 Å². The zero-order valence-corrected chi connectivity index (χ0v) is 15.0. The predicted octanol–water partition coefficient (Wildman–Crippen LogP) is 2.68. The molecule has 150 valence electrons. The Balaban J connectivity index is 1.34. The Bertz CT molecular complexity index is 925. The van der Waals surface area contributed by atoms with Gasteiger partial charge >= 0.3 is 6.18 Å². The molecule has 7 nitrogen and oxygen atoms in total. The standard InChI is InChI=1S/C18H19F3N4O3/c19-18(20,21)15-8-16(26)25(10-22-15)9-11-3-5-24(6-4-11)17(27)13-7-14(28-23-13)12-1-2-12/h7-8,10-12H,1-6,9H2. The molecule has 4 rings (SSSR count). The van der Waals surface area contributed by atoms with Gasteiger partial charge in [-0.05, 0) is 31.6 Å². The van der Waals surface area contributed by atoms with E-state index in [2.05, 4.69) is 10.1 Å². The SMILES string of the molecule is O=C(c1cc(C2CC2)on1)N1CCC(Cn2cnc(C(F)(F)F)cc2=O)CC1. The van der Waals surface area contributed by atoms with Crippen molar-refractivity contribution in [3.8, 4) is 0 Å². The molecule has 0 aromatic carbocycles. The summed E-state index contributed by atoms with van der Waals surface area (Å²) in [6, 6.07) is 2.22. The minimum Gasteiger partial charge on any atom is -0.360 e. The van der Waals surface area contributed by atoms with E-state index in [0.29, 0.717) is 43.6 Å². The molecule has 2 aromatic rings. The van der Waals surface area contributed by atoms with Gasteiger partial charge in [-0.25, -0.2) is 4.98 Å². The molecule has 10 heteroatoms. The fraction of sp³-hybridized carbons (Fsp3) is 0.556. The van der Waals surface area contributed by atoms with Crippen LogP contribution >= 0.6 is 0 Å². The highest BCUT2D eigenvalue weighted by Gasteiger charge is 2.33. The Hall–Kier alpha value is -2.65. The van der Waals surface area contributed by atoms with Gasteiger partial charge in [-0.3, -0.25) is 14.2 Å². The molecule has 0 N–H and O–H groups in total. The summed E-state index contributed by atoms with van der Waals surface area (Å²) in [5.41, 5.74) is -1.60. The normalized spacial score (nSPS) is 18.5. The quantitative estimate of drug-likeness (QED) is 0.794. The molecule has 28 heavy (non-hydrogen) atoms. The highest BCUT2D eigenvalue weighted by Crippen LogP contribution is 2.40. The van der Waals surface area contributed by atoms with Crippen molar-refractivity contribution < 1.29 is 22.5 Å². The Labute approximate surface area is 158 Å². The van der Waals surface area contributed by atoms with Gasteiger partial charge in [0.25, 0.3) is 11.5 Å². The van der Waals surface area contributed by atoms with E-state index in [4.69, 9.17) is 4.52 Å². The zero-order chi connectivity index (χ0) is 19.9. The van der Waals surface area contributed by atoms with Crippen LogP contribution in [0.3, 0.4) is 0 Å². The summed E-state index contributed by atoms with van der Waals surface area (Å²) in [6.45, 7) is 1.28. The maximum atomic E-state index is 12.6. The molecule has 1 aliphatic heterocycles. The highest BCUT2D eigenvalue weighted by molar-refractivity contribution is 5.92. The molecular weight excluding hydrogens is 377 g/mol. The summed E-state index contributed by atoms with van der Waals surface area (Å²) < 4.78 is 44.2. The number of carbonyl (C=O) groups excluding carboxylic acids is 1. The molecule has 2 aliphatic rings. The summed E-state index contributed by atoms with van der Waals surface area (Å²) in [5.74, 6) is 1.05. The zero-order valence-electron chi connectivity index (χ0n) is 15.0. The van der Waals surface area contributed by atoms with Crippen LogP contribution in [0.2, 0.25) is 0 Å². The molecule has 3 heterocycles. The molecule has 1 aliphatic carbocycles. The average Bonchev–Trinajstić information content (AvgIpc) is 3.39. The molecule has 2 fully saturated rings. The second-order valence-electron chi connectivity index (χ2n) is 7.39. The number of alkyl halides is 3. The van der Waals surface area contributed by atoms with Crippen molar-refractivity contribution >= 4 is 5.91 Å². The fourth-order valence-corrected chi connectivity index (χ4v) is 3.43. The van der Waals surface area contributed by atoms with Crippen molar-refractivity contribution in [2.24, 2.45) is 5.92 Å². The van der Waals surface area contributed by atoms with Crippen LogP contribution in [0.25, 0.3) is 0 Å². The largest absolute Gasteiger partial charge is 0.433 e. The number of hydrogen-bond donors (Lipinski definition) is 0. The van der Waals surface area contributed by atoms with Crippen LogP contribution < -0.4 is 5.56 Å². The summed E-state index contributed by atoms with van der Waals surface area (Å²) in [6.07, 6.45) is -0.278. The fourth-order valence-electron chi connectivity index (χ4n) is 3.43. The van der Waals surface area contributed by atoms with E-state index in [1.807, 2.05) is 0 Å². The smallest absolute Gasteiger partial charge is 0.360 e. The average molecular weight is 396 g/mol. The number of halogens is 3. The van der Waals surface area contributed by atoms with E-state index in [0.717, 1.165) is 24.9 Å². The number of amides is 1. The molecule has 0 spiro atoms. The Morgan fingerprint density at radius 2 is 1.89 bits per heavy atom. The lowest BCUT2D eigenvalue weighted by Crippen LogP contribution is -2.40. The summed E-state index contributed by atoms with van der Waals surface area (Å²) in [5, 5.41) is 3.87. The van der Waals surface area contributed by atoms with Gasteiger partial charge in [0.2, 0.25) is 0 Å². The van der Waals surface area contributed by atoms with Crippen molar-refractivity contribution in [1.82, 2.24) is 19.6 Å². The van der Waals surface area contributed by atoms with Crippen LogP contribution in [0.1, 0.15) is 53.5 Å². The molecule has 0 atom stereocenters. The third-order valence-corrected chi connectivity index (χ3v) is 5.25. The van der Waals surface area contributed by atoms with Gasteiger partial charge in [-0.15, -0.1) is 0 Å². The van der Waals surface area contributed by atoms with Crippen LogP contribution in [-0.4, -0.2) is 38.6 Å². The van der Waals surface area contributed by atoms with Crippen molar-refractivity contribution in [3.05, 3.63) is 46.0 Å². The first kappa shape index (κ1) is 18.7. The van der Waals surface area contributed by atoms with Crippen LogP contribution in [0.4, 0.5) is 13.2 Å². The topological polar surface area (TPSA) is 81.2 Å². The first-order valence-corrected chi connectivity index (χ1v) is 9.21. The molecular formula is C18H19F3N4O3. The van der Waals surface area contributed by atoms with Crippen LogP contribution in [0.5, 0.6) is 0 Å². The van der Waals surface area contributed by atoms with E-state index in [1.165, 1.54) is 4.57 Å². The Morgan fingerprint density at radius 1 is 1.18 bits per heavy atom. The van der Waals surface area contributed by atoms with Crippen LogP contribution in [0, 0.1) is 5.92 Å². The first-order valence-electron chi connectivity index (χ1n) is 9.21. The monoisotopic (exact) mass is 396 g/mol. The van der Waals surface area contributed by atoms with Gasteiger partial charge in [-0.2, -0.15) is 13.2 Å². The van der Waals surface area contributed by atoms with E-state index >= 15 is 0 Å². The third-order valence-electron chi connectivity index (χ3n) is 5.25. The summed E-state index contributed by atoms with van der Waals surface area (Å²) in [7, 11) is 0. The minimum atomic E-state index is -4.63. The number of piperidine rings is 1. The second-order valence-corrected chi connectivity index (χ2v) is 7.39. The van der Waals surface area contributed by atoms with Crippen molar-refractivity contribution in [3.63, 3.8) is 0 Å². The van der Waals surface area contributed by atoms with Crippen LogP contribution in [0.15, 0.2) is 27.8 Å². The summed E-state index contributed by atoms with van der Waals surface area (Å²) in [4.78, 5) is 29.5. The van der Waals surface area contributed by atoms with Gasteiger partial charge in [0.1, 0.15) is 5.76 Å². The third kappa shape index (κ3) is 3.95. The molecule has 1 saturated heterocycles. The maximum absolute atomic E-state index is 12.6. The van der Waals surface area contributed by atoms with Gasteiger partial charge in [-0.1, -0.05) is 5.16 Å². The number of rotatable bonds is 4. The number of carbonyl (C=O) groups is 1. The van der Waals surface area contributed by atoms with Gasteiger partial charge < -0.3 is 9.42 Å². The first-order chi connectivity index (χ1) is 13.3. The lowest BCUT2D eigenvalue weighted by Gasteiger charge is -2.31. The molecule has 1 saturated carbocycles. The van der Waals surface area contributed by atoms with Gasteiger partial charge in [0, 0.05) is 37.7 Å². The van der Waals surface area contributed by atoms with Gasteiger partial charge in [0.15, 0.2) is 11.4 Å². The van der Waals surface area contributed by atoms with Crippen molar-refractivity contribution in [2.45, 2.75) is 44.3 Å². The highest BCUT2D eigenvalue weighted by atomic mass is 19.4. The maximum Gasteiger partial charge on any atom is 0.433 e. The number of hydrogen-bond acceptors (Lipinski definition) is 5. The minimum absolute atomic E-state index is 0.0830. The van der Waals surface area contributed by atoms with Gasteiger partial charge in [0.05, 0.1) is 6.33 Å². The molecule has 0 unspecified atom stereocenters.